The first-order valence-corrected chi connectivity index (χ1v) is 9.15. The van der Waals surface area contributed by atoms with Crippen molar-refractivity contribution in [1.82, 2.24) is 9.80 Å². The van der Waals surface area contributed by atoms with Crippen molar-refractivity contribution in [2.45, 2.75) is 26.4 Å². The predicted molar refractivity (Wildman–Crippen MR) is 103 cm³/mol. The quantitative estimate of drug-likeness (QED) is 0.829. The van der Waals surface area contributed by atoms with Gasteiger partial charge in [0.05, 0.1) is 5.69 Å². The highest BCUT2D eigenvalue weighted by Crippen LogP contribution is 2.21. The van der Waals surface area contributed by atoms with Crippen molar-refractivity contribution in [3.05, 3.63) is 66.0 Å². The van der Waals surface area contributed by atoms with Crippen molar-refractivity contribution < 1.29 is 9.18 Å². The van der Waals surface area contributed by atoms with Crippen molar-refractivity contribution in [3.63, 3.8) is 0 Å². The first kappa shape index (κ1) is 18.2. The normalized spacial score (nSPS) is 14.6. The molecule has 5 heteroatoms. The minimum atomic E-state index is -0.208. The lowest BCUT2D eigenvalue weighted by molar-refractivity contribution is 0.134. The molecular formula is C21H26FN3O. The van der Waals surface area contributed by atoms with Gasteiger partial charge in [-0.05, 0) is 31.5 Å². The lowest BCUT2D eigenvalue weighted by Crippen LogP contribution is -2.54. The molecule has 26 heavy (non-hydrogen) atoms. The number of anilines is 1. The molecule has 2 aromatic rings. The summed E-state index contributed by atoms with van der Waals surface area (Å²) in [6, 6.07) is 17.0. The van der Waals surface area contributed by atoms with Crippen LogP contribution in [0.15, 0.2) is 54.6 Å². The van der Waals surface area contributed by atoms with Crippen LogP contribution in [0.25, 0.3) is 0 Å². The Morgan fingerprint density at radius 3 is 2.23 bits per heavy atom. The molecule has 3 rings (SSSR count). The van der Waals surface area contributed by atoms with Crippen LogP contribution < -0.4 is 4.90 Å². The Balaban J connectivity index is 1.63. The molecule has 0 spiro atoms. The summed E-state index contributed by atoms with van der Waals surface area (Å²) in [5.74, 6) is -0.208. The van der Waals surface area contributed by atoms with Crippen molar-refractivity contribution in [3.8, 4) is 0 Å². The van der Waals surface area contributed by atoms with Crippen LogP contribution in [-0.2, 0) is 6.54 Å². The van der Waals surface area contributed by atoms with Gasteiger partial charge in [0.1, 0.15) is 5.82 Å². The van der Waals surface area contributed by atoms with Crippen LogP contribution in [-0.4, -0.2) is 48.1 Å². The number of hydrogen-bond acceptors (Lipinski definition) is 2. The highest BCUT2D eigenvalue weighted by Gasteiger charge is 2.27. The summed E-state index contributed by atoms with van der Waals surface area (Å²) in [6.45, 7) is 7.17. The second-order valence-corrected chi connectivity index (χ2v) is 6.92. The molecule has 0 aromatic heterocycles. The van der Waals surface area contributed by atoms with Gasteiger partial charge in [0.15, 0.2) is 0 Å². The minimum Gasteiger partial charge on any atom is -0.366 e. The number of rotatable bonds is 4. The third kappa shape index (κ3) is 4.15. The van der Waals surface area contributed by atoms with Gasteiger partial charge in [0.2, 0.25) is 0 Å². The Morgan fingerprint density at radius 2 is 1.62 bits per heavy atom. The number of piperazine rings is 1. The molecule has 138 valence electrons. The van der Waals surface area contributed by atoms with E-state index in [2.05, 4.69) is 0 Å². The third-order valence-corrected chi connectivity index (χ3v) is 4.81. The molecule has 0 radical (unpaired) electrons. The van der Waals surface area contributed by atoms with E-state index < -0.39 is 0 Å². The van der Waals surface area contributed by atoms with Crippen molar-refractivity contribution >= 4 is 11.7 Å². The summed E-state index contributed by atoms with van der Waals surface area (Å²) >= 11 is 0. The number of carbonyl (C=O) groups excluding carboxylic acids is 1. The van der Waals surface area contributed by atoms with E-state index in [9.17, 15) is 9.18 Å². The van der Waals surface area contributed by atoms with Crippen LogP contribution in [0.5, 0.6) is 0 Å². The molecule has 0 aliphatic carbocycles. The molecule has 1 saturated heterocycles. The molecular weight excluding hydrogens is 329 g/mol. The number of nitrogens with zero attached hydrogens (tertiary/aromatic N) is 3. The van der Waals surface area contributed by atoms with Crippen molar-refractivity contribution in [2.24, 2.45) is 0 Å². The molecule has 2 aromatic carbocycles. The number of benzene rings is 2. The third-order valence-electron chi connectivity index (χ3n) is 4.81. The number of urea groups is 1. The Hall–Kier alpha value is -2.56. The maximum Gasteiger partial charge on any atom is 0.320 e. The fraction of sp³-hybridized carbons (Fsp3) is 0.381. The molecule has 0 unspecified atom stereocenters. The summed E-state index contributed by atoms with van der Waals surface area (Å²) in [4.78, 5) is 18.8. The van der Waals surface area contributed by atoms with Crippen LogP contribution in [0.3, 0.4) is 0 Å². The lowest BCUT2D eigenvalue weighted by Gasteiger charge is -2.39. The summed E-state index contributed by atoms with van der Waals surface area (Å²) in [5, 5.41) is 0. The van der Waals surface area contributed by atoms with Crippen LogP contribution in [0, 0.1) is 5.82 Å². The molecule has 1 heterocycles. The number of hydrogen-bond donors (Lipinski definition) is 0. The van der Waals surface area contributed by atoms with Gasteiger partial charge in [-0.3, -0.25) is 0 Å². The van der Waals surface area contributed by atoms with Crippen LogP contribution in [0.2, 0.25) is 0 Å². The SMILES string of the molecule is CC(C)N(Cc1ccccc1)C(=O)N1CCN(c2ccccc2F)CC1. The van der Waals surface area contributed by atoms with E-state index in [0.717, 1.165) is 5.56 Å². The lowest BCUT2D eigenvalue weighted by atomic mass is 10.2. The van der Waals surface area contributed by atoms with Gasteiger partial charge >= 0.3 is 6.03 Å². The summed E-state index contributed by atoms with van der Waals surface area (Å²) in [5.41, 5.74) is 1.74. The van der Waals surface area contributed by atoms with Crippen LogP contribution in [0.1, 0.15) is 19.4 Å². The fourth-order valence-corrected chi connectivity index (χ4v) is 3.28. The average molecular weight is 355 g/mol. The van der Waals surface area contributed by atoms with Crippen LogP contribution >= 0.6 is 0 Å². The Bertz CT molecular complexity index is 727. The van der Waals surface area contributed by atoms with E-state index in [1.165, 1.54) is 6.07 Å². The molecule has 0 bridgehead atoms. The number of carbonyl (C=O) groups is 1. The maximum absolute atomic E-state index is 14.0. The van der Waals surface area contributed by atoms with E-state index in [0.29, 0.717) is 38.4 Å². The van der Waals surface area contributed by atoms with Gasteiger partial charge in [-0.25, -0.2) is 9.18 Å². The zero-order valence-corrected chi connectivity index (χ0v) is 15.4. The van der Waals surface area contributed by atoms with E-state index in [1.54, 1.807) is 12.1 Å². The van der Waals surface area contributed by atoms with Gasteiger partial charge in [0, 0.05) is 38.8 Å². The largest absolute Gasteiger partial charge is 0.366 e. The second kappa shape index (κ2) is 8.21. The van der Waals surface area contributed by atoms with Crippen molar-refractivity contribution in [1.29, 1.82) is 0 Å². The topological polar surface area (TPSA) is 26.8 Å². The van der Waals surface area contributed by atoms with Gasteiger partial charge in [-0.15, -0.1) is 0 Å². The number of para-hydroxylation sites is 1. The Labute approximate surface area is 154 Å². The first-order chi connectivity index (χ1) is 12.6. The molecule has 4 nitrogen and oxygen atoms in total. The monoisotopic (exact) mass is 355 g/mol. The highest BCUT2D eigenvalue weighted by atomic mass is 19.1. The first-order valence-electron chi connectivity index (χ1n) is 9.15. The molecule has 1 aliphatic rings. The fourth-order valence-electron chi connectivity index (χ4n) is 3.28. The van der Waals surface area contributed by atoms with Crippen LogP contribution in [0.4, 0.5) is 14.9 Å². The van der Waals surface area contributed by atoms with E-state index >= 15 is 0 Å². The second-order valence-electron chi connectivity index (χ2n) is 6.92. The summed E-state index contributed by atoms with van der Waals surface area (Å²) in [7, 11) is 0. The van der Waals surface area contributed by atoms with Gasteiger partial charge in [-0.1, -0.05) is 42.5 Å². The molecule has 1 aliphatic heterocycles. The van der Waals surface area contributed by atoms with E-state index in [-0.39, 0.29) is 17.9 Å². The Morgan fingerprint density at radius 1 is 1.00 bits per heavy atom. The van der Waals surface area contributed by atoms with Gasteiger partial charge < -0.3 is 14.7 Å². The standard InChI is InChI=1S/C21H26FN3O/c1-17(2)25(16-18-8-4-3-5-9-18)21(26)24-14-12-23(13-15-24)20-11-7-6-10-19(20)22/h3-11,17H,12-16H2,1-2H3. The molecule has 0 N–H and O–H groups in total. The maximum atomic E-state index is 14.0. The predicted octanol–water partition coefficient (Wildman–Crippen LogP) is 3.98. The van der Waals surface area contributed by atoms with Crippen molar-refractivity contribution in [2.75, 3.05) is 31.1 Å². The highest BCUT2D eigenvalue weighted by molar-refractivity contribution is 5.75. The van der Waals surface area contributed by atoms with E-state index in [4.69, 9.17) is 0 Å². The van der Waals surface area contributed by atoms with Gasteiger partial charge in [-0.2, -0.15) is 0 Å². The van der Waals surface area contributed by atoms with Gasteiger partial charge in [0.25, 0.3) is 0 Å². The molecule has 1 fully saturated rings. The minimum absolute atomic E-state index is 0.0528. The number of halogens is 1. The number of amides is 2. The zero-order chi connectivity index (χ0) is 18.5. The molecule has 2 amide bonds. The van der Waals surface area contributed by atoms with E-state index in [1.807, 2.05) is 64.9 Å². The average Bonchev–Trinajstić information content (AvgIpc) is 2.67. The Kier molecular flexibility index (Phi) is 5.76. The summed E-state index contributed by atoms with van der Waals surface area (Å²) in [6.07, 6.45) is 0. The summed E-state index contributed by atoms with van der Waals surface area (Å²) < 4.78 is 14.0. The smallest absolute Gasteiger partial charge is 0.320 e. The molecule has 0 atom stereocenters. The zero-order valence-electron chi connectivity index (χ0n) is 15.4. The molecule has 0 saturated carbocycles.